The third-order valence-electron chi connectivity index (χ3n) is 3.98. The summed E-state index contributed by atoms with van der Waals surface area (Å²) in [6.45, 7) is 5.59. The molecule has 0 unspecified atom stereocenters. The molecule has 0 atom stereocenters. The maximum Gasteiger partial charge on any atom is 0.341 e. The van der Waals surface area contributed by atoms with Crippen LogP contribution in [0.25, 0.3) is 10.9 Å². The highest BCUT2D eigenvalue weighted by Gasteiger charge is 2.22. The molecule has 3 rings (SSSR count). The number of fused-ring (bicyclic) bond motifs is 1. The van der Waals surface area contributed by atoms with Crippen molar-refractivity contribution < 1.29 is 19.0 Å². The van der Waals surface area contributed by atoms with Gasteiger partial charge in [0.15, 0.2) is 11.6 Å². The highest BCUT2D eigenvalue weighted by Crippen LogP contribution is 2.30. The molecule has 1 heterocycles. The monoisotopic (exact) mass is 355 g/mol. The number of hydrogen-bond acceptors (Lipinski definition) is 3. The van der Waals surface area contributed by atoms with E-state index in [2.05, 4.69) is 0 Å². The first-order chi connectivity index (χ1) is 12.2. The largest absolute Gasteiger partial charge is 0.477 e. The Kier molecular flexibility index (Phi) is 4.28. The number of benzene rings is 2. The van der Waals surface area contributed by atoms with E-state index in [-0.39, 0.29) is 11.1 Å². The Morgan fingerprint density at radius 1 is 1.15 bits per heavy atom. The van der Waals surface area contributed by atoms with Gasteiger partial charge < -0.3 is 14.4 Å². The summed E-state index contributed by atoms with van der Waals surface area (Å²) in [6.07, 6.45) is 1.29. The van der Waals surface area contributed by atoms with E-state index < -0.39 is 28.3 Å². The minimum Gasteiger partial charge on any atom is -0.477 e. The van der Waals surface area contributed by atoms with Crippen molar-refractivity contribution in [3.63, 3.8) is 0 Å². The molecule has 1 N–H and O–H groups in total. The number of carbonyl (C=O) groups is 1. The summed E-state index contributed by atoms with van der Waals surface area (Å²) in [7, 11) is 0. The Labute approximate surface area is 149 Å². The number of nitrogens with zero attached hydrogens (tertiary/aromatic N) is 1. The predicted octanol–water partition coefficient (Wildman–Crippen LogP) is 4.39. The summed E-state index contributed by atoms with van der Waals surface area (Å²) < 4.78 is 21.8. The lowest BCUT2D eigenvalue weighted by molar-refractivity contribution is 0.0694. The molecule has 0 bridgehead atoms. The van der Waals surface area contributed by atoms with Gasteiger partial charge in [-0.25, -0.2) is 9.18 Å². The molecule has 5 nitrogen and oxygen atoms in total. The average Bonchev–Trinajstić information content (AvgIpc) is 2.56. The summed E-state index contributed by atoms with van der Waals surface area (Å²) >= 11 is 0. The SMILES string of the molecule is CC(C)(C)n1cc(C(=O)O)c(=O)c2cc(F)c(Oc3ccccc3)cc21. The fourth-order valence-corrected chi connectivity index (χ4v) is 2.73. The molecule has 6 heteroatoms. The predicted molar refractivity (Wildman–Crippen MR) is 96.6 cm³/mol. The Balaban J connectivity index is 2.30. The standard InChI is InChI=1S/C20H18FNO4/c1-20(2,3)22-11-14(19(24)25)18(23)13-9-15(21)17(10-16(13)22)26-12-7-5-4-6-8-12/h4-11H,1-3H3,(H,24,25). The molecule has 0 aliphatic carbocycles. The van der Waals surface area contributed by atoms with E-state index in [4.69, 9.17) is 4.74 Å². The van der Waals surface area contributed by atoms with Crippen LogP contribution in [0.4, 0.5) is 4.39 Å². The molecule has 2 aromatic carbocycles. The van der Waals surface area contributed by atoms with Crippen LogP contribution in [0.5, 0.6) is 11.5 Å². The lowest BCUT2D eigenvalue weighted by Gasteiger charge is -2.26. The van der Waals surface area contributed by atoms with E-state index >= 15 is 0 Å². The molecule has 0 spiro atoms. The van der Waals surface area contributed by atoms with Crippen LogP contribution in [0.15, 0.2) is 53.5 Å². The second-order valence-electron chi connectivity index (χ2n) is 6.93. The fraction of sp³-hybridized carbons (Fsp3) is 0.200. The number of halogens is 1. The Hall–Kier alpha value is -3.15. The van der Waals surface area contributed by atoms with Gasteiger partial charge in [0, 0.05) is 23.2 Å². The topological polar surface area (TPSA) is 68.5 Å². The molecule has 134 valence electrons. The Bertz CT molecular complexity index is 1050. The maximum atomic E-state index is 14.5. The summed E-state index contributed by atoms with van der Waals surface area (Å²) in [5.74, 6) is -1.66. The van der Waals surface area contributed by atoms with Crippen molar-refractivity contribution in [1.29, 1.82) is 0 Å². The van der Waals surface area contributed by atoms with Gasteiger partial charge in [-0.1, -0.05) is 18.2 Å². The van der Waals surface area contributed by atoms with Gasteiger partial charge >= 0.3 is 5.97 Å². The molecule has 1 aromatic heterocycles. The second kappa shape index (κ2) is 6.29. The third-order valence-corrected chi connectivity index (χ3v) is 3.98. The average molecular weight is 355 g/mol. The first-order valence-electron chi connectivity index (χ1n) is 8.04. The van der Waals surface area contributed by atoms with E-state index in [0.29, 0.717) is 11.3 Å². The van der Waals surface area contributed by atoms with Gasteiger partial charge in [-0.3, -0.25) is 4.79 Å². The summed E-state index contributed by atoms with van der Waals surface area (Å²) in [5.41, 5.74) is -1.25. The molecule has 0 fully saturated rings. The number of aromatic nitrogens is 1. The number of carboxylic acids is 1. The highest BCUT2D eigenvalue weighted by molar-refractivity contribution is 5.93. The molecule has 26 heavy (non-hydrogen) atoms. The van der Waals surface area contributed by atoms with Gasteiger partial charge in [0.25, 0.3) is 0 Å². The van der Waals surface area contributed by atoms with E-state index in [1.165, 1.54) is 12.3 Å². The van der Waals surface area contributed by atoms with Crippen LogP contribution in [-0.2, 0) is 5.54 Å². The quantitative estimate of drug-likeness (QED) is 0.757. The van der Waals surface area contributed by atoms with Crippen molar-refractivity contribution in [3.8, 4) is 11.5 Å². The van der Waals surface area contributed by atoms with Gasteiger partial charge in [-0.05, 0) is 39.0 Å². The summed E-state index contributed by atoms with van der Waals surface area (Å²) in [4.78, 5) is 23.9. The minimum absolute atomic E-state index is 0.00210. The van der Waals surface area contributed by atoms with Gasteiger partial charge in [0.05, 0.1) is 5.52 Å². The van der Waals surface area contributed by atoms with Gasteiger partial charge in [-0.2, -0.15) is 0 Å². The fourth-order valence-electron chi connectivity index (χ4n) is 2.73. The minimum atomic E-state index is -1.35. The molecular weight excluding hydrogens is 337 g/mol. The van der Waals surface area contributed by atoms with Gasteiger partial charge in [0.2, 0.25) is 5.43 Å². The van der Waals surface area contributed by atoms with Crippen LogP contribution in [0.3, 0.4) is 0 Å². The van der Waals surface area contributed by atoms with Crippen molar-refractivity contribution in [2.75, 3.05) is 0 Å². The number of para-hydroxylation sites is 1. The zero-order chi connectivity index (χ0) is 19.1. The van der Waals surface area contributed by atoms with E-state index in [1.807, 2.05) is 26.8 Å². The number of pyridine rings is 1. The highest BCUT2D eigenvalue weighted by atomic mass is 19.1. The van der Waals surface area contributed by atoms with Crippen LogP contribution < -0.4 is 10.2 Å². The molecule has 0 radical (unpaired) electrons. The molecule has 3 aromatic rings. The molecule has 0 aliphatic rings. The van der Waals surface area contributed by atoms with Crippen molar-refractivity contribution in [2.45, 2.75) is 26.3 Å². The summed E-state index contributed by atoms with van der Waals surface area (Å²) in [5, 5.41) is 9.30. The first-order valence-corrected chi connectivity index (χ1v) is 8.04. The van der Waals surface area contributed by atoms with Crippen LogP contribution in [0, 0.1) is 5.82 Å². The normalized spacial score (nSPS) is 11.5. The van der Waals surface area contributed by atoms with Crippen molar-refractivity contribution in [2.24, 2.45) is 0 Å². The van der Waals surface area contributed by atoms with Gasteiger partial charge in [0.1, 0.15) is 11.3 Å². The lowest BCUT2D eigenvalue weighted by atomic mass is 10.0. The first kappa shape index (κ1) is 17.7. The van der Waals surface area contributed by atoms with Crippen LogP contribution >= 0.6 is 0 Å². The van der Waals surface area contributed by atoms with E-state index in [0.717, 1.165) is 6.07 Å². The van der Waals surface area contributed by atoms with Crippen LogP contribution in [0.1, 0.15) is 31.1 Å². The summed E-state index contributed by atoms with van der Waals surface area (Å²) in [6, 6.07) is 11.2. The zero-order valence-electron chi connectivity index (χ0n) is 14.6. The van der Waals surface area contributed by atoms with Gasteiger partial charge in [-0.15, -0.1) is 0 Å². The molecule has 0 saturated carbocycles. The number of hydrogen-bond donors (Lipinski definition) is 1. The number of aromatic carboxylic acids is 1. The Morgan fingerprint density at radius 3 is 2.38 bits per heavy atom. The smallest absolute Gasteiger partial charge is 0.341 e. The number of carboxylic acid groups (broad SMARTS) is 1. The molecular formula is C20H18FNO4. The maximum absolute atomic E-state index is 14.5. The molecule has 0 saturated heterocycles. The van der Waals surface area contributed by atoms with Crippen molar-refractivity contribution in [3.05, 3.63) is 70.3 Å². The Morgan fingerprint density at radius 2 is 1.81 bits per heavy atom. The lowest BCUT2D eigenvalue weighted by Crippen LogP contribution is -2.27. The zero-order valence-corrected chi connectivity index (χ0v) is 14.6. The van der Waals surface area contributed by atoms with E-state index in [9.17, 15) is 19.1 Å². The number of rotatable bonds is 3. The van der Waals surface area contributed by atoms with Crippen molar-refractivity contribution >= 4 is 16.9 Å². The molecule has 0 aliphatic heterocycles. The molecule has 0 amide bonds. The van der Waals surface area contributed by atoms with Crippen LogP contribution in [-0.4, -0.2) is 15.6 Å². The van der Waals surface area contributed by atoms with Crippen LogP contribution in [0.2, 0.25) is 0 Å². The van der Waals surface area contributed by atoms with E-state index in [1.54, 1.807) is 28.8 Å². The van der Waals surface area contributed by atoms with Crippen molar-refractivity contribution in [1.82, 2.24) is 4.57 Å². The third kappa shape index (κ3) is 3.18. The second-order valence-corrected chi connectivity index (χ2v) is 6.93. The number of ether oxygens (including phenoxy) is 1.